The van der Waals surface area contributed by atoms with Crippen LogP contribution >= 0.6 is 0 Å². The lowest BCUT2D eigenvalue weighted by molar-refractivity contribution is -0.152. The van der Waals surface area contributed by atoms with Crippen LogP contribution in [0.3, 0.4) is 0 Å². The van der Waals surface area contributed by atoms with Crippen LogP contribution < -0.4 is 5.32 Å². The zero-order valence-electron chi connectivity index (χ0n) is 19.3. The number of nitrogens with one attached hydrogen (secondary N) is 1. The fraction of sp³-hybridized carbons (Fsp3) is 0.545. The summed E-state index contributed by atoms with van der Waals surface area (Å²) in [6.07, 6.45) is -0.442. The Hall–Kier alpha value is -3.10. The number of alkyl carbamates (subject to hydrolysis) is 1. The Morgan fingerprint density at radius 2 is 1.65 bits per heavy atom. The van der Waals surface area contributed by atoms with Crippen LogP contribution in [-0.4, -0.2) is 79.1 Å². The third-order valence-corrected chi connectivity index (χ3v) is 4.46. The molecule has 9 heteroatoms. The van der Waals surface area contributed by atoms with Crippen molar-refractivity contribution < 1.29 is 28.7 Å². The van der Waals surface area contributed by atoms with E-state index in [4.69, 9.17) is 9.47 Å². The van der Waals surface area contributed by atoms with Crippen LogP contribution in [0.25, 0.3) is 0 Å². The Morgan fingerprint density at radius 3 is 2.16 bits per heavy atom. The number of nitrogens with zero attached hydrogens (tertiary/aromatic N) is 2. The van der Waals surface area contributed by atoms with E-state index < -0.39 is 41.6 Å². The molecule has 0 fully saturated rings. The van der Waals surface area contributed by atoms with Gasteiger partial charge in [-0.1, -0.05) is 30.3 Å². The van der Waals surface area contributed by atoms with E-state index in [0.29, 0.717) is 0 Å². The highest BCUT2D eigenvalue weighted by Crippen LogP contribution is 2.11. The molecule has 1 rings (SSSR count). The van der Waals surface area contributed by atoms with E-state index >= 15 is 0 Å². The van der Waals surface area contributed by atoms with Crippen LogP contribution in [0.15, 0.2) is 30.3 Å². The van der Waals surface area contributed by atoms with Crippen molar-refractivity contribution in [2.24, 2.45) is 0 Å². The molecule has 0 spiro atoms. The standard InChI is InChI=1S/C22H33N3O6/c1-15(23-21(29)31-22(2,3)4)19(27)24(5)14-18(26)25(6)17(20(28)30-7)13-16-11-9-8-10-12-16/h8-12,15,17H,13-14H2,1-7H3,(H,23,29)/t15-,17?/m0/s1. The zero-order chi connectivity index (χ0) is 23.8. The highest BCUT2D eigenvalue weighted by atomic mass is 16.6. The van der Waals surface area contributed by atoms with Gasteiger partial charge in [0.15, 0.2) is 0 Å². The van der Waals surface area contributed by atoms with E-state index in [1.807, 2.05) is 30.3 Å². The third-order valence-electron chi connectivity index (χ3n) is 4.46. The van der Waals surface area contributed by atoms with E-state index in [0.717, 1.165) is 5.56 Å². The molecule has 9 nitrogen and oxygen atoms in total. The summed E-state index contributed by atoms with van der Waals surface area (Å²) in [6, 6.07) is 7.54. The molecule has 0 heterocycles. The molecule has 0 bridgehead atoms. The van der Waals surface area contributed by atoms with E-state index in [9.17, 15) is 19.2 Å². The number of benzene rings is 1. The van der Waals surface area contributed by atoms with E-state index in [-0.39, 0.29) is 13.0 Å². The van der Waals surface area contributed by atoms with Gasteiger partial charge in [-0.15, -0.1) is 0 Å². The van der Waals surface area contributed by atoms with Gasteiger partial charge in [0.1, 0.15) is 17.7 Å². The van der Waals surface area contributed by atoms with E-state index in [1.54, 1.807) is 20.8 Å². The van der Waals surface area contributed by atoms with Crippen LogP contribution in [0.2, 0.25) is 0 Å². The summed E-state index contributed by atoms with van der Waals surface area (Å²) >= 11 is 0. The van der Waals surface area contributed by atoms with Gasteiger partial charge in [-0.2, -0.15) is 0 Å². The highest BCUT2D eigenvalue weighted by Gasteiger charge is 2.30. The maximum atomic E-state index is 12.8. The molecule has 0 aliphatic heterocycles. The number of methoxy groups -OCH3 is 1. The fourth-order valence-corrected chi connectivity index (χ4v) is 2.79. The molecule has 1 unspecified atom stereocenters. The van der Waals surface area contributed by atoms with Crippen LogP contribution in [0.4, 0.5) is 4.79 Å². The van der Waals surface area contributed by atoms with Crippen LogP contribution in [0.1, 0.15) is 33.3 Å². The summed E-state index contributed by atoms with van der Waals surface area (Å²) in [6.45, 7) is 6.38. The van der Waals surface area contributed by atoms with Gasteiger partial charge in [0, 0.05) is 20.5 Å². The normalized spacial score (nSPS) is 12.9. The van der Waals surface area contributed by atoms with Crippen molar-refractivity contribution in [1.29, 1.82) is 0 Å². The van der Waals surface area contributed by atoms with Crippen LogP contribution in [0.5, 0.6) is 0 Å². The molecular weight excluding hydrogens is 402 g/mol. The van der Waals surface area contributed by atoms with Gasteiger partial charge in [0.2, 0.25) is 11.8 Å². The minimum absolute atomic E-state index is 0.266. The van der Waals surface area contributed by atoms with Crippen molar-refractivity contribution in [2.45, 2.75) is 51.8 Å². The second-order valence-electron chi connectivity index (χ2n) is 8.30. The van der Waals surface area contributed by atoms with Crippen molar-refractivity contribution in [1.82, 2.24) is 15.1 Å². The van der Waals surface area contributed by atoms with Crippen LogP contribution in [-0.2, 0) is 30.3 Å². The number of carbonyl (C=O) groups excluding carboxylic acids is 4. The summed E-state index contributed by atoms with van der Waals surface area (Å²) in [4.78, 5) is 51.9. The zero-order valence-corrected chi connectivity index (χ0v) is 19.3. The lowest BCUT2D eigenvalue weighted by Gasteiger charge is -2.29. The Kier molecular flexibility index (Phi) is 9.48. The molecule has 0 saturated carbocycles. The monoisotopic (exact) mass is 435 g/mol. The Balaban J connectivity index is 2.75. The molecule has 0 aliphatic rings. The SMILES string of the molecule is COC(=O)C(Cc1ccccc1)N(C)C(=O)CN(C)C(=O)[C@H](C)NC(=O)OC(C)(C)C. The number of likely N-dealkylation sites (N-methyl/N-ethyl adjacent to an activating group) is 2. The molecule has 0 radical (unpaired) electrons. The number of esters is 1. The topological polar surface area (TPSA) is 105 Å². The summed E-state index contributed by atoms with van der Waals surface area (Å²) in [5, 5.41) is 2.45. The molecule has 2 atom stereocenters. The summed E-state index contributed by atoms with van der Waals surface area (Å²) in [5.74, 6) is -1.45. The molecule has 0 aliphatic carbocycles. The minimum Gasteiger partial charge on any atom is -0.467 e. The van der Waals surface area contributed by atoms with Crippen molar-refractivity contribution in [3.63, 3.8) is 0 Å². The number of rotatable bonds is 8. The lowest BCUT2D eigenvalue weighted by Crippen LogP contribution is -2.51. The quantitative estimate of drug-likeness (QED) is 0.622. The predicted octanol–water partition coefficient (Wildman–Crippen LogP) is 1.60. The second kappa shape index (κ2) is 11.3. The first-order valence-corrected chi connectivity index (χ1v) is 9.97. The third kappa shape index (κ3) is 8.65. The lowest BCUT2D eigenvalue weighted by atomic mass is 10.0. The molecule has 172 valence electrons. The summed E-state index contributed by atoms with van der Waals surface area (Å²) in [5.41, 5.74) is 0.177. The maximum absolute atomic E-state index is 12.8. The van der Waals surface area contributed by atoms with Gasteiger partial charge < -0.3 is 24.6 Å². The Bertz CT molecular complexity index is 775. The number of carbonyl (C=O) groups is 4. The minimum atomic E-state index is -0.890. The van der Waals surface area contributed by atoms with Crippen molar-refractivity contribution in [3.8, 4) is 0 Å². The number of hydrogen-bond acceptors (Lipinski definition) is 6. The van der Waals surface area contributed by atoms with Gasteiger partial charge in [-0.3, -0.25) is 9.59 Å². The van der Waals surface area contributed by atoms with Crippen molar-refractivity contribution >= 4 is 23.9 Å². The molecule has 1 N–H and O–H groups in total. The van der Waals surface area contributed by atoms with Gasteiger partial charge in [0.25, 0.3) is 0 Å². The molecular formula is C22H33N3O6. The molecule has 3 amide bonds. The van der Waals surface area contributed by atoms with Gasteiger partial charge in [-0.05, 0) is 33.3 Å². The first-order chi connectivity index (χ1) is 14.4. The van der Waals surface area contributed by atoms with Crippen molar-refractivity contribution in [2.75, 3.05) is 27.7 Å². The molecule has 1 aromatic carbocycles. The predicted molar refractivity (Wildman–Crippen MR) is 115 cm³/mol. The van der Waals surface area contributed by atoms with E-state index in [2.05, 4.69) is 5.32 Å². The summed E-state index contributed by atoms with van der Waals surface area (Å²) in [7, 11) is 4.21. The molecule has 1 aromatic rings. The number of amides is 3. The molecule has 0 saturated heterocycles. The average Bonchev–Trinajstić information content (AvgIpc) is 2.69. The molecule has 31 heavy (non-hydrogen) atoms. The largest absolute Gasteiger partial charge is 0.467 e. The Labute approximate surface area is 183 Å². The van der Waals surface area contributed by atoms with Crippen LogP contribution in [0, 0.1) is 0 Å². The second-order valence-corrected chi connectivity index (χ2v) is 8.30. The molecule has 0 aromatic heterocycles. The highest BCUT2D eigenvalue weighted by molar-refractivity contribution is 5.90. The van der Waals surface area contributed by atoms with Gasteiger partial charge >= 0.3 is 12.1 Å². The fourth-order valence-electron chi connectivity index (χ4n) is 2.79. The first-order valence-electron chi connectivity index (χ1n) is 9.97. The number of hydrogen-bond donors (Lipinski definition) is 1. The van der Waals surface area contributed by atoms with Gasteiger partial charge in [-0.25, -0.2) is 9.59 Å². The summed E-state index contributed by atoms with van der Waals surface area (Å²) < 4.78 is 9.99. The maximum Gasteiger partial charge on any atom is 0.408 e. The number of ether oxygens (including phenoxy) is 2. The van der Waals surface area contributed by atoms with E-state index in [1.165, 1.54) is 37.9 Å². The smallest absolute Gasteiger partial charge is 0.408 e. The van der Waals surface area contributed by atoms with Crippen molar-refractivity contribution in [3.05, 3.63) is 35.9 Å². The average molecular weight is 436 g/mol. The first kappa shape index (κ1) is 25.9. The Morgan fingerprint density at radius 1 is 1.06 bits per heavy atom. The van der Waals surface area contributed by atoms with Gasteiger partial charge in [0.05, 0.1) is 13.7 Å².